The number of ether oxygens (including phenoxy) is 1. The van der Waals surface area contributed by atoms with Crippen LogP contribution in [0.2, 0.25) is 0 Å². The van der Waals surface area contributed by atoms with Gasteiger partial charge in [-0.25, -0.2) is 4.39 Å². The zero-order valence-electron chi connectivity index (χ0n) is 14.6. The summed E-state index contributed by atoms with van der Waals surface area (Å²) in [5.74, 6) is -0.846. The molecule has 5 nitrogen and oxygen atoms in total. The second-order valence-corrected chi connectivity index (χ2v) is 6.32. The number of benzene rings is 2. The van der Waals surface area contributed by atoms with E-state index in [9.17, 15) is 14.0 Å². The number of fused-ring (bicyclic) bond motifs is 1. The van der Waals surface area contributed by atoms with Gasteiger partial charge in [-0.3, -0.25) is 14.5 Å². The number of hydrogen-bond donors (Lipinski definition) is 1. The van der Waals surface area contributed by atoms with Crippen LogP contribution in [0, 0.1) is 5.82 Å². The molecule has 0 fully saturated rings. The monoisotopic (exact) mass is 356 g/mol. The van der Waals surface area contributed by atoms with E-state index in [0.29, 0.717) is 19.5 Å². The van der Waals surface area contributed by atoms with Crippen LogP contribution in [-0.2, 0) is 33.8 Å². The Balaban J connectivity index is 1.64. The van der Waals surface area contributed by atoms with Gasteiger partial charge in [0, 0.05) is 13.1 Å². The van der Waals surface area contributed by atoms with Gasteiger partial charge < -0.3 is 10.1 Å². The van der Waals surface area contributed by atoms with Gasteiger partial charge in [-0.15, -0.1) is 0 Å². The van der Waals surface area contributed by atoms with Crippen molar-refractivity contribution in [3.8, 4) is 0 Å². The number of nitrogens with one attached hydrogen (secondary N) is 1. The van der Waals surface area contributed by atoms with E-state index in [1.807, 2.05) is 29.2 Å². The van der Waals surface area contributed by atoms with E-state index in [4.69, 9.17) is 4.74 Å². The molecule has 1 heterocycles. The molecule has 0 saturated heterocycles. The SMILES string of the molecule is COC(=O)[C@H]1Cc2ccccc2CN1CC(=O)NCc1ccc(F)cc1. The number of carbonyl (C=O) groups excluding carboxylic acids is 2. The summed E-state index contributed by atoms with van der Waals surface area (Å²) in [5.41, 5.74) is 3.03. The number of hydrogen-bond acceptors (Lipinski definition) is 4. The van der Waals surface area contributed by atoms with Gasteiger partial charge in [0.15, 0.2) is 0 Å². The number of halogens is 1. The molecule has 1 atom stereocenters. The van der Waals surface area contributed by atoms with Gasteiger partial charge in [-0.2, -0.15) is 0 Å². The lowest BCUT2D eigenvalue weighted by molar-refractivity contribution is -0.148. The summed E-state index contributed by atoms with van der Waals surface area (Å²) in [5, 5.41) is 2.81. The van der Waals surface area contributed by atoms with Crippen molar-refractivity contribution < 1.29 is 18.7 Å². The van der Waals surface area contributed by atoms with Gasteiger partial charge in [-0.05, 0) is 35.2 Å². The van der Waals surface area contributed by atoms with Crippen LogP contribution >= 0.6 is 0 Å². The molecule has 0 aromatic heterocycles. The Kier molecular flexibility index (Phi) is 5.63. The molecule has 1 N–H and O–H groups in total. The summed E-state index contributed by atoms with van der Waals surface area (Å²) in [6.45, 7) is 0.918. The van der Waals surface area contributed by atoms with E-state index in [1.165, 1.54) is 19.2 Å². The van der Waals surface area contributed by atoms with Crippen molar-refractivity contribution in [2.75, 3.05) is 13.7 Å². The van der Waals surface area contributed by atoms with Crippen LogP contribution in [0.1, 0.15) is 16.7 Å². The molecule has 6 heteroatoms. The lowest BCUT2D eigenvalue weighted by atomic mass is 9.94. The smallest absolute Gasteiger partial charge is 0.323 e. The van der Waals surface area contributed by atoms with Crippen LogP contribution in [0.3, 0.4) is 0 Å². The summed E-state index contributed by atoms with van der Waals surface area (Å²) < 4.78 is 17.8. The molecule has 2 aromatic carbocycles. The second-order valence-electron chi connectivity index (χ2n) is 6.32. The van der Waals surface area contributed by atoms with Crippen molar-refractivity contribution in [3.05, 3.63) is 71.0 Å². The average Bonchev–Trinajstić information content (AvgIpc) is 2.66. The Morgan fingerprint density at radius 1 is 1.15 bits per heavy atom. The summed E-state index contributed by atoms with van der Waals surface area (Å²) in [7, 11) is 1.36. The molecule has 136 valence electrons. The largest absolute Gasteiger partial charge is 0.468 e. The third-order valence-electron chi connectivity index (χ3n) is 4.57. The van der Waals surface area contributed by atoms with Crippen LogP contribution in [0.15, 0.2) is 48.5 Å². The summed E-state index contributed by atoms with van der Waals surface area (Å²) in [6, 6.07) is 13.4. The summed E-state index contributed by atoms with van der Waals surface area (Å²) in [4.78, 5) is 26.3. The van der Waals surface area contributed by atoms with Crippen LogP contribution in [0.5, 0.6) is 0 Å². The molecule has 1 aliphatic heterocycles. The Labute approximate surface area is 151 Å². The minimum absolute atomic E-state index is 0.0926. The highest BCUT2D eigenvalue weighted by atomic mass is 19.1. The number of esters is 1. The molecule has 0 bridgehead atoms. The number of nitrogens with zero attached hydrogens (tertiary/aromatic N) is 1. The molecule has 0 aliphatic carbocycles. The maximum atomic E-state index is 12.9. The molecule has 26 heavy (non-hydrogen) atoms. The fourth-order valence-electron chi connectivity index (χ4n) is 3.16. The van der Waals surface area contributed by atoms with Crippen molar-refractivity contribution in [2.45, 2.75) is 25.6 Å². The third-order valence-corrected chi connectivity index (χ3v) is 4.57. The van der Waals surface area contributed by atoms with E-state index >= 15 is 0 Å². The quantitative estimate of drug-likeness (QED) is 0.833. The number of rotatable bonds is 5. The first-order valence-electron chi connectivity index (χ1n) is 8.46. The molecule has 2 aromatic rings. The van der Waals surface area contributed by atoms with Crippen LogP contribution < -0.4 is 5.32 Å². The van der Waals surface area contributed by atoms with E-state index in [0.717, 1.165) is 16.7 Å². The molecule has 1 amide bonds. The predicted octanol–water partition coefficient (Wildman–Crippen LogP) is 2.04. The topological polar surface area (TPSA) is 58.6 Å². The molecule has 0 spiro atoms. The summed E-state index contributed by atoms with van der Waals surface area (Å²) >= 11 is 0. The Bertz CT molecular complexity index is 792. The first kappa shape index (κ1) is 18.1. The second kappa shape index (κ2) is 8.10. The minimum Gasteiger partial charge on any atom is -0.468 e. The molecule has 0 unspecified atom stereocenters. The zero-order valence-corrected chi connectivity index (χ0v) is 14.6. The van der Waals surface area contributed by atoms with Crippen molar-refractivity contribution in [3.63, 3.8) is 0 Å². The van der Waals surface area contributed by atoms with Gasteiger partial charge in [-0.1, -0.05) is 36.4 Å². The lowest BCUT2D eigenvalue weighted by Crippen LogP contribution is -2.49. The maximum Gasteiger partial charge on any atom is 0.323 e. The Morgan fingerprint density at radius 3 is 2.54 bits per heavy atom. The third kappa shape index (κ3) is 4.26. The molecular formula is C20H21FN2O3. The maximum absolute atomic E-state index is 12.9. The van der Waals surface area contributed by atoms with Gasteiger partial charge in [0.05, 0.1) is 13.7 Å². The van der Waals surface area contributed by atoms with E-state index < -0.39 is 6.04 Å². The Morgan fingerprint density at radius 2 is 1.85 bits per heavy atom. The summed E-state index contributed by atoms with van der Waals surface area (Å²) in [6.07, 6.45) is 0.522. The van der Waals surface area contributed by atoms with E-state index in [-0.39, 0.29) is 24.2 Å². The lowest BCUT2D eigenvalue weighted by Gasteiger charge is -2.34. The fourth-order valence-corrected chi connectivity index (χ4v) is 3.16. The van der Waals surface area contributed by atoms with E-state index in [1.54, 1.807) is 12.1 Å². The van der Waals surface area contributed by atoms with Crippen molar-refractivity contribution in [1.82, 2.24) is 10.2 Å². The molecule has 3 rings (SSSR count). The Hall–Kier alpha value is -2.73. The van der Waals surface area contributed by atoms with Gasteiger partial charge >= 0.3 is 5.97 Å². The highest BCUT2D eigenvalue weighted by Gasteiger charge is 2.33. The van der Waals surface area contributed by atoms with Crippen molar-refractivity contribution >= 4 is 11.9 Å². The molecule has 0 radical (unpaired) electrons. The van der Waals surface area contributed by atoms with Crippen molar-refractivity contribution in [2.24, 2.45) is 0 Å². The number of methoxy groups -OCH3 is 1. The number of amides is 1. The molecular weight excluding hydrogens is 335 g/mol. The standard InChI is InChI=1S/C20H21FN2O3/c1-26-20(25)18-10-15-4-2-3-5-16(15)12-23(18)13-19(24)22-11-14-6-8-17(21)9-7-14/h2-9,18H,10-13H2,1H3,(H,22,24)/t18-/m1/s1. The fraction of sp³-hybridized carbons (Fsp3) is 0.300. The van der Waals surface area contributed by atoms with Gasteiger partial charge in [0.2, 0.25) is 5.91 Å². The van der Waals surface area contributed by atoms with Gasteiger partial charge in [0.25, 0.3) is 0 Å². The molecule has 0 saturated carbocycles. The van der Waals surface area contributed by atoms with Crippen LogP contribution in [-0.4, -0.2) is 36.5 Å². The zero-order chi connectivity index (χ0) is 18.5. The van der Waals surface area contributed by atoms with Crippen LogP contribution in [0.4, 0.5) is 4.39 Å². The first-order valence-corrected chi connectivity index (χ1v) is 8.46. The number of carbonyl (C=O) groups is 2. The highest BCUT2D eigenvalue weighted by molar-refractivity contribution is 5.81. The van der Waals surface area contributed by atoms with Crippen molar-refractivity contribution in [1.29, 1.82) is 0 Å². The van der Waals surface area contributed by atoms with Crippen LogP contribution in [0.25, 0.3) is 0 Å². The normalized spacial score (nSPS) is 16.6. The van der Waals surface area contributed by atoms with E-state index in [2.05, 4.69) is 5.32 Å². The van der Waals surface area contributed by atoms with Gasteiger partial charge in [0.1, 0.15) is 11.9 Å². The average molecular weight is 356 g/mol. The first-order chi connectivity index (χ1) is 12.6. The molecule has 1 aliphatic rings. The highest BCUT2D eigenvalue weighted by Crippen LogP contribution is 2.23. The predicted molar refractivity (Wildman–Crippen MR) is 94.6 cm³/mol. The minimum atomic E-state index is -0.480.